The predicted octanol–water partition coefficient (Wildman–Crippen LogP) is 3.52. The minimum Gasteiger partial charge on any atom is -0.309 e. The fourth-order valence-corrected chi connectivity index (χ4v) is 3.36. The van der Waals surface area contributed by atoms with E-state index in [-0.39, 0.29) is 6.16 Å². The zero-order valence-corrected chi connectivity index (χ0v) is 11.7. The zero-order chi connectivity index (χ0) is 13.4. The van der Waals surface area contributed by atoms with Gasteiger partial charge in [-0.1, -0.05) is 24.3 Å². The number of hydrogen-bond acceptors (Lipinski definition) is 4. The van der Waals surface area contributed by atoms with Gasteiger partial charge < -0.3 is 9.05 Å². The molecule has 0 fully saturated rings. The average molecular weight is 267 g/mol. The van der Waals surface area contributed by atoms with Gasteiger partial charge in [0.05, 0.1) is 31.9 Å². The van der Waals surface area contributed by atoms with E-state index in [2.05, 4.69) is 6.07 Å². The van der Waals surface area contributed by atoms with Gasteiger partial charge in [-0.2, -0.15) is 5.26 Å². The number of hydrogen-bond donors (Lipinski definition) is 0. The molecule has 1 rings (SSSR count). The molecule has 0 aliphatic rings. The normalized spacial score (nSPS) is 11.2. The summed E-state index contributed by atoms with van der Waals surface area (Å²) in [6, 6.07) is 9.55. The van der Waals surface area contributed by atoms with Crippen LogP contribution in [0.25, 0.3) is 0 Å². The minimum absolute atomic E-state index is 0.244. The van der Waals surface area contributed by atoms with Crippen molar-refractivity contribution in [2.24, 2.45) is 0 Å². The summed E-state index contributed by atoms with van der Waals surface area (Å²) in [7, 11) is -3.06. The van der Waals surface area contributed by atoms with E-state index in [1.165, 1.54) is 0 Å². The van der Waals surface area contributed by atoms with Crippen LogP contribution >= 0.6 is 7.60 Å². The van der Waals surface area contributed by atoms with Crippen molar-refractivity contribution in [3.63, 3.8) is 0 Å². The molecule has 0 aromatic heterocycles. The van der Waals surface area contributed by atoms with Crippen molar-refractivity contribution in [3.8, 4) is 6.07 Å². The van der Waals surface area contributed by atoms with Crippen LogP contribution in [0.1, 0.15) is 25.0 Å². The van der Waals surface area contributed by atoms with Crippen LogP contribution < -0.4 is 0 Å². The maximum Gasteiger partial charge on any atom is 0.335 e. The largest absolute Gasteiger partial charge is 0.335 e. The molecule has 18 heavy (non-hydrogen) atoms. The van der Waals surface area contributed by atoms with Gasteiger partial charge in [-0.05, 0) is 25.0 Å². The van der Waals surface area contributed by atoms with Crippen LogP contribution in [0.15, 0.2) is 24.3 Å². The van der Waals surface area contributed by atoms with Crippen molar-refractivity contribution in [1.29, 1.82) is 5.26 Å². The molecule has 0 N–H and O–H groups in total. The molecule has 0 atom stereocenters. The third-order valence-electron chi connectivity index (χ3n) is 2.30. The Kier molecular flexibility index (Phi) is 6.07. The highest BCUT2D eigenvalue weighted by molar-refractivity contribution is 7.53. The van der Waals surface area contributed by atoms with Crippen molar-refractivity contribution < 1.29 is 13.6 Å². The second kappa shape index (κ2) is 7.33. The molecular formula is C13H18NO3P. The summed E-state index contributed by atoms with van der Waals surface area (Å²) in [6.07, 6.45) is 0.593. The van der Waals surface area contributed by atoms with Crippen LogP contribution in [-0.2, 0) is 26.2 Å². The van der Waals surface area contributed by atoms with Crippen LogP contribution in [0.2, 0.25) is 0 Å². The Labute approximate surface area is 108 Å². The summed E-state index contributed by atoms with van der Waals surface area (Å²) < 4.78 is 22.8. The van der Waals surface area contributed by atoms with E-state index in [0.717, 1.165) is 11.1 Å². The van der Waals surface area contributed by atoms with Gasteiger partial charge in [-0.25, -0.2) is 0 Å². The van der Waals surface area contributed by atoms with Crippen molar-refractivity contribution in [2.45, 2.75) is 26.4 Å². The molecule has 0 spiro atoms. The predicted molar refractivity (Wildman–Crippen MR) is 70.3 cm³/mol. The van der Waals surface area contributed by atoms with Crippen molar-refractivity contribution >= 4 is 7.60 Å². The van der Waals surface area contributed by atoms with E-state index >= 15 is 0 Å². The quantitative estimate of drug-likeness (QED) is 0.709. The Bertz CT molecular complexity index is 458. The molecule has 0 aliphatic carbocycles. The molecule has 0 unspecified atom stereocenters. The summed E-state index contributed by atoms with van der Waals surface area (Å²) in [5, 5.41) is 8.66. The zero-order valence-electron chi connectivity index (χ0n) is 10.8. The third kappa shape index (κ3) is 4.62. The maximum atomic E-state index is 12.3. The first-order valence-electron chi connectivity index (χ1n) is 5.96. The summed E-state index contributed by atoms with van der Waals surface area (Å²) in [5.41, 5.74) is 1.78. The number of nitriles is 1. The lowest BCUT2D eigenvalue weighted by molar-refractivity contribution is 0.219. The Morgan fingerprint density at radius 1 is 1.22 bits per heavy atom. The SMILES string of the molecule is CCOP(=O)(Cc1cccc(CC#N)c1)OCC. The standard InChI is InChI=1S/C13H18NO3P/c1-3-16-18(15,17-4-2)11-13-7-5-6-12(10-13)8-9-14/h5-7,10H,3-4,8,11H2,1-2H3. The summed E-state index contributed by atoms with van der Waals surface area (Å²) in [4.78, 5) is 0. The Morgan fingerprint density at radius 2 is 1.83 bits per heavy atom. The smallest absolute Gasteiger partial charge is 0.309 e. The van der Waals surface area contributed by atoms with Crippen LogP contribution in [-0.4, -0.2) is 13.2 Å². The molecule has 5 heteroatoms. The molecule has 0 bridgehead atoms. The van der Waals surface area contributed by atoms with E-state index in [9.17, 15) is 4.57 Å². The van der Waals surface area contributed by atoms with E-state index in [1.54, 1.807) is 13.8 Å². The third-order valence-corrected chi connectivity index (χ3v) is 4.36. The number of rotatable bonds is 7. The Balaban J connectivity index is 2.84. The van der Waals surface area contributed by atoms with Gasteiger partial charge in [-0.3, -0.25) is 4.57 Å². The van der Waals surface area contributed by atoms with Crippen molar-refractivity contribution in [3.05, 3.63) is 35.4 Å². The molecule has 0 aliphatic heterocycles. The number of benzene rings is 1. The topological polar surface area (TPSA) is 59.3 Å². The number of nitrogens with zero attached hydrogens (tertiary/aromatic N) is 1. The van der Waals surface area contributed by atoms with Gasteiger partial charge in [-0.15, -0.1) is 0 Å². The van der Waals surface area contributed by atoms with Crippen LogP contribution in [0.5, 0.6) is 0 Å². The molecule has 0 saturated heterocycles. The highest BCUT2D eigenvalue weighted by Gasteiger charge is 2.23. The van der Waals surface area contributed by atoms with Crippen molar-refractivity contribution in [1.82, 2.24) is 0 Å². The highest BCUT2D eigenvalue weighted by atomic mass is 31.2. The fourth-order valence-electron chi connectivity index (χ4n) is 1.67. The summed E-state index contributed by atoms with van der Waals surface area (Å²) >= 11 is 0. The second-order valence-corrected chi connectivity index (χ2v) is 5.81. The molecule has 1 aromatic rings. The van der Waals surface area contributed by atoms with Crippen LogP contribution in [0.3, 0.4) is 0 Å². The van der Waals surface area contributed by atoms with E-state index < -0.39 is 7.60 Å². The highest BCUT2D eigenvalue weighted by Crippen LogP contribution is 2.51. The lowest BCUT2D eigenvalue weighted by atomic mass is 10.1. The van der Waals surface area contributed by atoms with Gasteiger partial charge >= 0.3 is 7.60 Å². The second-order valence-electron chi connectivity index (χ2n) is 3.76. The average Bonchev–Trinajstić information content (AvgIpc) is 2.30. The van der Waals surface area contributed by atoms with E-state index in [0.29, 0.717) is 19.6 Å². The van der Waals surface area contributed by atoms with Gasteiger partial charge in [0.25, 0.3) is 0 Å². The Hall–Kier alpha value is -1.14. The first-order valence-corrected chi connectivity index (χ1v) is 7.69. The van der Waals surface area contributed by atoms with Crippen LogP contribution in [0, 0.1) is 11.3 Å². The first-order chi connectivity index (χ1) is 8.63. The molecule has 0 heterocycles. The van der Waals surface area contributed by atoms with Gasteiger partial charge in [0.1, 0.15) is 0 Å². The molecule has 98 valence electrons. The first kappa shape index (κ1) is 14.9. The molecular weight excluding hydrogens is 249 g/mol. The minimum atomic E-state index is -3.06. The fraction of sp³-hybridized carbons (Fsp3) is 0.462. The summed E-state index contributed by atoms with van der Waals surface area (Å²) in [6.45, 7) is 4.29. The van der Waals surface area contributed by atoms with E-state index in [4.69, 9.17) is 14.3 Å². The molecule has 0 saturated carbocycles. The monoisotopic (exact) mass is 267 g/mol. The molecule has 0 radical (unpaired) electrons. The van der Waals surface area contributed by atoms with Gasteiger partial charge in [0.15, 0.2) is 0 Å². The van der Waals surface area contributed by atoms with Gasteiger partial charge in [0, 0.05) is 0 Å². The summed E-state index contributed by atoms with van der Waals surface area (Å²) in [5.74, 6) is 0. The maximum absolute atomic E-state index is 12.3. The molecule has 0 amide bonds. The molecule has 4 nitrogen and oxygen atoms in total. The Morgan fingerprint density at radius 3 is 2.39 bits per heavy atom. The van der Waals surface area contributed by atoms with Gasteiger partial charge in [0.2, 0.25) is 0 Å². The lowest BCUT2D eigenvalue weighted by Crippen LogP contribution is -1.99. The lowest BCUT2D eigenvalue weighted by Gasteiger charge is -2.17. The molecule has 1 aromatic carbocycles. The van der Waals surface area contributed by atoms with Crippen LogP contribution in [0.4, 0.5) is 0 Å². The van der Waals surface area contributed by atoms with Crippen molar-refractivity contribution in [2.75, 3.05) is 13.2 Å². The van der Waals surface area contributed by atoms with E-state index in [1.807, 2.05) is 24.3 Å².